The largest absolute Gasteiger partial charge is 0.466 e. The van der Waals surface area contributed by atoms with E-state index in [-0.39, 0.29) is 86.2 Å². The molecule has 0 saturated heterocycles. The highest BCUT2D eigenvalue weighted by atomic mass is 35.5. The van der Waals surface area contributed by atoms with Crippen LogP contribution in [0.2, 0.25) is 10.0 Å². The topological polar surface area (TPSA) is 206 Å². The van der Waals surface area contributed by atoms with Crippen LogP contribution in [0, 0.1) is 0 Å². The summed E-state index contributed by atoms with van der Waals surface area (Å²) in [5.74, 6) is -5.57. The Bertz CT molecular complexity index is 2310. The molecule has 0 saturated carbocycles. The molecule has 3 aromatic rings. The third-order valence-corrected chi connectivity index (χ3v) is 11.2. The normalized spacial score (nSPS) is 15.9. The molecule has 4 N–H and O–H groups in total. The summed E-state index contributed by atoms with van der Waals surface area (Å²) in [6.45, 7) is 6.65. The van der Waals surface area contributed by atoms with Gasteiger partial charge in [-0.05, 0) is 63.1 Å². The maximum atomic E-state index is 13.5. The third kappa shape index (κ3) is 11.9. The van der Waals surface area contributed by atoms with Crippen LogP contribution in [0.25, 0.3) is 0 Å². The van der Waals surface area contributed by atoms with E-state index in [0.717, 1.165) is 0 Å². The van der Waals surface area contributed by atoms with Gasteiger partial charge in [-0.2, -0.15) is 0 Å². The molecule has 2 heterocycles. The first kappa shape index (κ1) is 50.5. The molecular formula is C48H52Cl2N4O12. The van der Waals surface area contributed by atoms with Gasteiger partial charge in [0.25, 0.3) is 11.8 Å². The predicted octanol–water partition coefficient (Wildman–Crippen LogP) is 5.79. The summed E-state index contributed by atoms with van der Waals surface area (Å²) >= 11 is 13.2. The summed E-state index contributed by atoms with van der Waals surface area (Å²) in [7, 11) is 2.49. The first-order valence-electron chi connectivity index (χ1n) is 21.0. The van der Waals surface area contributed by atoms with Gasteiger partial charge in [-0.15, -0.1) is 0 Å². The number of ether oxygens (including phenoxy) is 6. The highest BCUT2D eigenvalue weighted by Crippen LogP contribution is 2.43. The van der Waals surface area contributed by atoms with Crippen molar-refractivity contribution in [2.24, 2.45) is 0 Å². The number of hydrogen-bond acceptors (Lipinski definition) is 14. The number of rotatable bonds is 20. The quantitative estimate of drug-likeness (QED) is 0.0602. The van der Waals surface area contributed by atoms with E-state index in [1.54, 1.807) is 88.4 Å². The van der Waals surface area contributed by atoms with Crippen molar-refractivity contribution in [1.29, 1.82) is 0 Å². The Morgan fingerprint density at radius 3 is 1.26 bits per heavy atom. The van der Waals surface area contributed by atoms with Gasteiger partial charge < -0.3 is 49.7 Å². The van der Waals surface area contributed by atoms with Crippen LogP contribution < -0.4 is 21.3 Å². The maximum absolute atomic E-state index is 13.5. The number of carbonyl (C=O) groups is 6. The van der Waals surface area contributed by atoms with E-state index < -0.39 is 47.5 Å². The second-order valence-electron chi connectivity index (χ2n) is 14.6. The zero-order valence-electron chi connectivity index (χ0n) is 37.4. The van der Waals surface area contributed by atoms with Crippen LogP contribution in [0.15, 0.2) is 118 Å². The molecule has 5 rings (SSSR count). The minimum Gasteiger partial charge on any atom is -0.466 e. The Morgan fingerprint density at radius 2 is 0.909 bits per heavy atom. The van der Waals surface area contributed by atoms with Crippen molar-refractivity contribution < 1.29 is 57.2 Å². The zero-order valence-corrected chi connectivity index (χ0v) is 38.9. The first-order chi connectivity index (χ1) is 31.8. The lowest BCUT2D eigenvalue weighted by Gasteiger charge is -2.31. The van der Waals surface area contributed by atoms with Gasteiger partial charge in [0.2, 0.25) is 0 Å². The monoisotopic (exact) mass is 946 g/mol. The molecule has 2 unspecified atom stereocenters. The molecule has 0 bridgehead atoms. The van der Waals surface area contributed by atoms with Crippen LogP contribution in [0.4, 0.5) is 0 Å². The smallest absolute Gasteiger partial charge is 0.336 e. The van der Waals surface area contributed by atoms with Crippen LogP contribution in [-0.2, 0) is 47.6 Å². The van der Waals surface area contributed by atoms with Gasteiger partial charge in [0.05, 0.1) is 111 Å². The SMILES string of the molecule is CCOC(=O)C1=C(COCCNC(=O)c2ccccc2C(=O)NCCOCC2=C(C(=O)OCC)C(c3ccccc3Cl)C(C(=O)OC)=C(C)N2)NC(C)=C(C(=O)OC)C1c1ccccc1Cl. The highest BCUT2D eigenvalue weighted by molar-refractivity contribution is 6.32. The van der Waals surface area contributed by atoms with E-state index in [1.165, 1.54) is 26.4 Å². The van der Waals surface area contributed by atoms with E-state index in [9.17, 15) is 28.8 Å². The molecule has 2 atom stereocenters. The van der Waals surface area contributed by atoms with E-state index in [1.807, 2.05) is 0 Å². The number of hydrogen-bond donors (Lipinski definition) is 4. The predicted molar refractivity (Wildman–Crippen MR) is 244 cm³/mol. The van der Waals surface area contributed by atoms with Crippen molar-refractivity contribution in [2.45, 2.75) is 39.5 Å². The number of halogens is 2. The zero-order chi connectivity index (χ0) is 47.9. The maximum Gasteiger partial charge on any atom is 0.336 e. The molecule has 2 amide bonds. The lowest BCUT2D eigenvalue weighted by Crippen LogP contribution is -2.36. The summed E-state index contributed by atoms with van der Waals surface area (Å²) in [6.07, 6.45) is 0. The number of nitrogens with one attached hydrogen (secondary N) is 4. The van der Waals surface area contributed by atoms with Crippen molar-refractivity contribution in [2.75, 3.05) is 67.0 Å². The van der Waals surface area contributed by atoms with E-state index >= 15 is 0 Å². The number of amides is 2. The molecule has 3 aromatic carbocycles. The summed E-state index contributed by atoms with van der Waals surface area (Å²) < 4.78 is 32.8. The third-order valence-electron chi connectivity index (χ3n) is 10.5. The summed E-state index contributed by atoms with van der Waals surface area (Å²) in [5.41, 5.74) is 3.38. The molecule has 66 heavy (non-hydrogen) atoms. The van der Waals surface area contributed by atoms with E-state index in [0.29, 0.717) is 44.0 Å². The molecule has 0 radical (unpaired) electrons. The minimum absolute atomic E-state index is 0.00370. The molecule has 2 aliphatic heterocycles. The van der Waals surface area contributed by atoms with Gasteiger partial charge in [0, 0.05) is 34.5 Å². The Balaban J connectivity index is 1.21. The van der Waals surface area contributed by atoms with Crippen molar-refractivity contribution in [3.05, 3.63) is 150 Å². The second kappa shape index (κ2) is 24.2. The fourth-order valence-corrected chi connectivity index (χ4v) is 8.10. The standard InChI is InChI=1S/C48H52Cl2N4O12/c1-7-65-47(59)41-35(53-27(3)37(45(57)61-5)39(41)31-17-11-13-19-33(31)49)25-63-23-21-51-43(55)29-15-9-10-16-30(29)44(56)52-22-24-64-26-36-42(48(60)66-8-2)40(32-18-12-14-20-34(32)50)38(28(4)54-36)46(58)62-6/h9-20,39-40,53-54H,7-8,21-26H2,1-6H3,(H,51,55)(H,52,56). The molecule has 0 aliphatic carbocycles. The number of benzene rings is 3. The van der Waals surface area contributed by atoms with Crippen molar-refractivity contribution in [3.8, 4) is 0 Å². The van der Waals surface area contributed by atoms with E-state index in [4.69, 9.17) is 51.6 Å². The Hall–Kier alpha value is -6.46. The lowest BCUT2D eigenvalue weighted by molar-refractivity contribution is -0.140. The van der Waals surface area contributed by atoms with Crippen molar-refractivity contribution >= 4 is 58.9 Å². The van der Waals surface area contributed by atoms with Crippen LogP contribution in [0.3, 0.4) is 0 Å². The number of dihydropyridines is 2. The minimum atomic E-state index is -0.924. The average molecular weight is 948 g/mol. The van der Waals surface area contributed by atoms with Gasteiger partial charge in [-0.3, -0.25) is 9.59 Å². The van der Waals surface area contributed by atoms with Crippen LogP contribution in [-0.4, -0.2) is 103 Å². The molecule has 2 aliphatic rings. The van der Waals surface area contributed by atoms with Crippen molar-refractivity contribution in [1.82, 2.24) is 21.3 Å². The number of methoxy groups -OCH3 is 2. The molecule has 0 fully saturated rings. The fraction of sp³-hybridized carbons (Fsp3) is 0.333. The fourth-order valence-electron chi connectivity index (χ4n) is 7.61. The van der Waals surface area contributed by atoms with E-state index in [2.05, 4.69) is 21.3 Å². The van der Waals surface area contributed by atoms with Gasteiger partial charge in [0.1, 0.15) is 0 Å². The molecule has 18 heteroatoms. The summed E-state index contributed by atoms with van der Waals surface area (Å²) in [6, 6.07) is 20.0. The molecule has 350 valence electrons. The Kier molecular flexibility index (Phi) is 18.5. The first-order valence-corrected chi connectivity index (χ1v) is 21.8. The highest BCUT2D eigenvalue weighted by Gasteiger charge is 2.41. The molecule has 0 spiro atoms. The molecular weight excluding hydrogens is 895 g/mol. The summed E-state index contributed by atoms with van der Waals surface area (Å²) in [4.78, 5) is 79.9. The van der Waals surface area contributed by atoms with Crippen molar-refractivity contribution in [3.63, 3.8) is 0 Å². The number of carbonyl (C=O) groups excluding carboxylic acids is 6. The van der Waals surface area contributed by atoms with Crippen LogP contribution in [0.1, 0.15) is 71.4 Å². The molecule has 0 aromatic heterocycles. The van der Waals surface area contributed by atoms with Gasteiger partial charge in [0.15, 0.2) is 0 Å². The average Bonchev–Trinajstić information content (AvgIpc) is 3.30. The van der Waals surface area contributed by atoms with Gasteiger partial charge in [-0.25, -0.2) is 19.2 Å². The Morgan fingerprint density at radius 1 is 0.545 bits per heavy atom. The Labute approximate surface area is 392 Å². The lowest BCUT2D eigenvalue weighted by atomic mass is 9.80. The molecule has 16 nitrogen and oxygen atoms in total. The van der Waals surface area contributed by atoms with Crippen LogP contribution in [0.5, 0.6) is 0 Å². The van der Waals surface area contributed by atoms with Gasteiger partial charge >= 0.3 is 23.9 Å². The second-order valence-corrected chi connectivity index (χ2v) is 15.4. The number of allylic oxidation sites excluding steroid dienone is 2. The number of esters is 4. The summed E-state index contributed by atoms with van der Waals surface area (Å²) in [5, 5.41) is 12.4. The van der Waals surface area contributed by atoms with Gasteiger partial charge in [-0.1, -0.05) is 71.7 Å². The van der Waals surface area contributed by atoms with Crippen LogP contribution >= 0.6 is 23.2 Å².